The normalized spacial score (nSPS) is 15.1. The molecule has 0 amide bonds. The number of quaternary nitrogens is 1. The van der Waals surface area contributed by atoms with Crippen LogP contribution in [-0.2, 0) is 27.9 Å². The topological polar surface area (TPSA) is 94.1 Å². The van der Waals surface area contributed by atoms with Crippen LogP contribution in [0.4, 0.5) is 0 Å². The molecule has 226 valence electrons. The molecule has 0 N–H and O–H groups in total. The summed E-state index contributed by atoms with van der Waals surface area (Å²) in [5.41, 5.74) is 0. The smallest absolute Gasteiger partial charge is 0.306 e. The van der Waals surface area contributed by atoms with Gasteiger partial charge >= 0.3 is 5.97 Å². The van der Waals surface area contributed by atoms with Crippen molar-refractivity contribution in [1.82, 2.24) is 0 Å². The molecule has 0 aromatic carbocycles. The summed E-state index contributed by atoms with van der Waals surface area (Å²) in [6, 6.07) is 0. The van der Waals surface area contributed by atoms with Crippen molar-refractivity contribution in [1.29, 1.82) is 0 Å². The number of unbranched alkanes of at least 4 members (excludes halogenated alkanes) is 3. The van der Waals surface area contributed by atoms with Gasteiger partial charge in [0.2, 0.25) is 0 Å². The Morgan fingerprint density at radius 3 is 2.03 bits per heavy atom. The molecular formula is C30H54NO7P. The Labute approximate surface area is 237 Å². The molecule has 0 heterocycles. The number of hydrogen-bond donors (Lipinski definition) is 0. The van der Waals surface area contributed by atoms with Crippen LogP contribution in [0.15, 0.2) is 48.6 Å². The Balaban J connectivity index is 4.34. The SMILES string of the molecule is CC/C=C\C/C=C\C/C=C\C/C=C\CCCOCC(COP(=O)([O-])OCC[N+](C)(C)C)OC(=O)CCCCC. The van der Waals surface area contributed by atoms with Crippen LogP contribution in [0.25, 0.3) is 0 Å². The fourth-order valence-electron chi connectivity index (χ4n) is 3.13. The summed E-state index contributed by atoms with van der Waals surface area (Å²) in [4.78, 5) is 24.3. The number of nitrogens with zero attached hydrogens (tertiary/aromatic N) is 1. The fourth-order valence-corrected chi connectivity index (χ4v) is 3.86. The second kappa shape index (κ2) is 24.3. The van der Waals surface area contributed by atoms with E-state index in [0.717, 1.165) is 57.8 Å². The van der Waals surface area contributed by atoms with Gasteiger partial charge in [0.05, 0.1) is 34.4 Å². The van der Waals surface area contributed by atoms with Crippen molar-refractivity contribution in [2.75, 3.05) is 54.1 Å². The summed E-state index contributed by atoms with van der Waals surface area (Å²) in [7, 11) is 1.30. The van der Waals surface area contributed by atoms with E-state index in [-0.39, 0.29) is 32.2 Å². The lowest BCUT2D eigenvalue weighted by atomic mass is 10.2. The molecule has 0 aliphatic heterocycles. The third-order valence-corrected chi connectivity index (χ3v) is 6.36. The first-order chi connectivity index (χ1) is 18.6. The number of allylic oxidation sites excluding steroid dienone is 8. The fraction of sp³-hybridized carbons (Fsp3) is 0.700. The van der Waals surface area contributed by atoms with Crippen LogP contribution in [0.2, 0.25) is 0 Å². The molecule has 0 aliphatic carbocycles. The molecule has 39 heavy (non-hydrogen) atoms. The molecule has 0 saturated carbocycles. The lowest BCUT2D eigenvalue weighted by Gasteiger charge is -2.28. The van der Waals surface area contributed by atoms with E-state index in [2.05, 4.69) is 62.5 Å². The standard InChI is InChI=1S/C30H54NO7P/c1-6-8-10-11-12-13-14-15-16-17-18-19-20-22-25-35-27-29(38-30(32)23-21-9-7-2)28-37-39(33,34)36-26-24-31(3,4)5/h8,10,12-13,15-16,18-19,29H,6-7,9,11,14,17,20-28H2,1-5H3/b10-8-,13-12-,16-15-,19-18-. The third kappa shape index (κ3) is 27.8. The van der Waals surface area contributed by atoms with Gasteiger partial charge < -0.3 is 27.9 Å². The van der Waals surface area contributed by atoms with Crippen LogP contribution < -0.4 is 4.89 Å². The maximum atomic E-state index is 12.2. The minimum absolute atomic E-state index is 0.0134. The predicted octanol–water partition coefficient (Wildman–Crippen LogP) is 6.29. The van der Waals surface area contributed by atoms with E-state index < -0.39 is 13.9 Å². The van der Waals surface area contributed by atoms with E-state index in [1.807, 2.05) is 21.1 Å². The predicted molar refractivity (Wildman–Crippen MR) is 157 cm³/mol. The molecular weight excluding hydrogens is 517 g/mol. The first kappa shape index (κ1) is 37.5. The van der Waals surface area contributed by atoms with Gasteiger partial charge in [-0.1, -0.05) is 75.3 Å². The van der Waals surface area contributed by atoms with E-state index in [4.69, 9.17) is 18.5 Å². The number of hydrogen-bond acceptors (Lipinski definition) is 7. The Bertz CT molecular complexity index is 772. The highest BCUT2D eigenvalue weighted by molar-refractivity contribution is 7.45. The van der Waals surface area contributed by atoms with Crippen molar-refractivity contribution in [3.05, 3.63) is 48.6 Å². The minimum Gasteiger partial charge on any atom is -0.756 e. The average Bonchev–Trinajstić information content (AvgIpc) is 2.86. The summed E-state index contributed by atoms with van der Waals surface area (Å²) in [6.45, 7) is 4.91. The van der Waals surface area contributed by atoms with Crippen LogP contribution in [0, 0.1) is 0 Å². The van der Waals surface area contributed by atoms with Crippen LogP contribution in [0.5, 0.6) is 0 Å². The average molecular weight is 572 g/mol. The first-order valence-electron chi connectivity index (χ1n) is 14.4. The minimum atomic E-state index is -4.51. The van der Waals surface area contributed by atoms with Crippen LogP contribution in [0.1, 0.15) is 78.1 Å². The zero-order valence-corrected chi connectivity index (χ0v) is 25.9. The number of carbonyl (C=O) groups is 1. The van der Waals surface area contributed by atoms with Crippen LogP contribution >= 0.6 is 7.82 Å². The van der Waals surface area contributed by atoms with E-state index in [1.165, 1.54) is 0 Å². The Morgan fingerprint density at radius 2 is 1.44 bits per heavy atom. The number of phosphoric acid groups is 1. The van der Waals surface area contributed by atoms with Gasteiger partial charge in [0.25, 0.3) is 7.82 Å². The summed E-state index contributed by atoms with van der Waals surface area (Å²) in [6.07, 6.45) is 25.0. The highest BCUT2D eigenvalue weighted by Gasteiger charge is 2.20. The quantitative estimate of drug-likeness (QED) is 0.0418. The molecule has 0 fully saturated rings. The molecule has 0 aromatic rings. The van der Waals surface area contributed by atoms with E-state index >= 15 is 0 Å². The molecule has 2 atom stereocenters. The zero-order chi connectivity index (χ0) is 29.2. The number of carbonyl (C=O) groups excluding carboxylic acids is 1. The maximum Gasteiger partial charge on any atom is 0.306 e. The summed E-state index contributed by atoms with van der Waals surface area (Å²) >= 11 is 0. The maximum absolute atomic E-state index is 12.2. The Hall–Kier alpha value is -1.54. The summed E-state index contributed by atoms with van der Waals surface area (Å²) in [5.74, 6) is -0.382. The molecule has 0 aromatic heterocycles. The number of rotatable bonds is 25. The largest absolute Gasteiger partial charge is 0.756 e. The Kier molecular flexibility index (Phi) is 23.3. The molecule has 0 aliphatic rings. The molecule has 0 bridgehead atoms. The summed E-state index contributed by atoms with van der Waals surface area (Å²) in [5, 5.41) is 0. The monoisotopic (exact) mass is 571 g/mol. The number of ether oxygens (including phenoxy) is 2. The highest BCUT2D eigenvalue weighted by Crippen LogP contribution is 2.38. The van der Waals surface area contributed by atoms with Crippen molar-refractivity contribution in [3.63, 3.8) is 0 Å². The van der Waals surface area contributed by atoms with Crippen LogP contribution in [-0.4, -0.2) is 70.7 Å². The van der Waals surface area contributed by atoms with Gasteiger partial charge in [-0.05, 0) is 44.9 Å². The van der Waals surface area contributed by atoms with Crippen molar-refractivity contribution in [2.24, 2.45) is 0 Å². The van der Waals surface area contributed by atoms with Gasteiger partial charge in [0.15, 0.2) is 0 Å². The molecule has 0 saturated heterocycles. The molecule has 0 spiro atoms. The number of likely N-dealkylation sites (N-methyl/N-ethyl adjacent to an activating group) is 1. The lowest BCUT2D eigenvalue weighted by Crippen LogP contribution is -2.37. The van der Waals surface area contributed by atoms with E-state index in [0.29, 0.717) is 17.6 Å². The number of phosphoric ester groups is 1. The molecule has 2 unspecified atom stereocenters. The second-order valence-electron chi connectivity index (χ2n) is 10.4. The molecule has 0 rings (SSSR count). The van der Waals surface area contributed by atoms with Gasteiger partial charge in [-0.2, -0.15) is 0 Å². The van der Waals surface area contributed by atoms with Gasteiger partial charge in [-0.25, -0.2) is 0 Å². The van der Waals surface area contributed by atoms with Gasteiger partial charge in [0, 0.05) is 13.0 Å². The second-order valence-corrected chi connectivity index (χ2v) is 11.8. The van der Waals surface area contributed by atoms with Gasteiger partial charge in [-0.15, -0.1) is 0 Å². The number of esters is 1. The van der Waals surface area contributed by atoms with Crippen molar-refractivity contribution in [2.45, 2.75) is 84.2 Å². The van der Waals surface area contributed by atoms with Crippen molar-refractivity contribution in [3.8, 4) is 0 Å². The highest BCUT2D eigenvalue weighted by atomic mass is 31.2. The van der Waals surface area contributed by atoms with Gasteiger partial charge in [0.1, 0.15) is 19.3 Å². The molecule has 0 radical (unpaired) electrons. The molecule has 8 nitrogen and oxygen atoms in total. The lowest BCUT2D eigenvalue weighted by molar-refractivity contribution is -0.870. The van der Waals surface area contributed by atoms with Crippen molar-refractivity contribution < 1.29 is 37.3 Å². The summed E-state index contributed by atoms with van der Waals surface area (Å²) < 4.78 is 33.7. The van der Waals surface area contributed by atoms with Crippen molar-refractivity contribution >= 4 is 13.8 Å². The van der Waals surface area contributed by atoms with Gasteiger partial charge in [-0.3, -0.25) is 9.36 Å². The van der Waals surface area contributed by atoms with E-state index in [1.54, 1.807) is 0 Å². The third-order valence-electron chi connectivity index (χ3n) is 5.39. The zero-order valence-electron chi connectivity index (χ0n) is 25.1. The first-order valence-corrected chi connectivity index (χ1v) is 15.8. The molecule has 9 heteroatoms. The van der Waals surface area contributed by atoms with Crippen LogP contribution in [0.3, 0.4) is 0 Å². The Morgan fingerprint density at radius 1 is 0.821 bits per heavy atom. The van der Waals surface area contributed by atoms with E-state index in [9.17, 15) is 14.3 Å².